The van der Waals surface area contributed by atoms with Crippen molar-refractivity contribution < 1.29 is 4.39 Å². The van der Waals surface area contributed by atoms with Gasteiger partial charge < -0.3 is 20.5 Å². The lowest BCUT2D eigenvalue weighted by Crippen LogP contribution is -2.49. The average molecular weight is 566 g/mol. The Morgan fingerprint density at radius 2 is 1.64 bits per heavy atom. The van der Waals surface area contributed by atoms with Gasteiger partial charge in [0.25, 0.3) is 0 Å². The van der Waals surface area contributed by atoms with Crippen LogP contribution >= 0.6 is 0 Å². The zero-order valence-electron chi connectivity index (χ0n) is 24.1. The van der Waals surface area contributed by atoms with E-state index in [0.29, 0.717) is 34.8 Å². The Labute approximate surface area is 244 Å². The summed E-state index contributed by atoms with van der Waals surface area (Å²) < 4.78 is 16.0. The third-order valence-corrected chi connectivity index (χ3v) is 9.05. The van der Waals surface area contributed by atoms with Crippen molar-refractivity contribution in [2.75, 3.05) is 44.3 Å². The number of fused-ring (bicyclic) bond motifs is 2. The van der Waals surface area contributed by atoms with E-state index in [2.05, 4.69) is 60.0 Å². The largest absolute Gasteiger partial charge is 0.383 e. The molecule has 0 bridgehead atoms. The van der Waals surface area contributed by atoms with Gasteiger partial charge in [0.1, 0.15) is 23.6 Å². The van der Waals surface area contributed by atoms with Crippen LogP contribution in [0.15, 0.2) is 55.0 Å². The number of nitrogens with two attached hydrogens (primary N) is 1. The van der Waals surface area contributed by atoms with Crippen LogP contribution in [0.5, 0.6) is 0 Å². The van der Waals surface area contributed by atoms with Crippen molar-refractivity contribution in [2.45, 2.75) is 44.7 Å². The van der Waals surface area contributed by atoms with Crippen LogP contribution in [0.25, 0.3) is 33.1 Å². The van der Waals surface area contributed by atoms with Crippen molar-refractivity contribution in [1.29, 1.82) is 0 Å². The molecule has 2 aromatic carbocycles. The minimum Gasteiger partial charge on any atom is -0.383 e. The van der Waals surface area contributed by atoms with Crippen molar-refractivity contribution in [3.63, 3.8) is 0 Å². The Hall–Kier alpha value is -4.15. The Kier molecular flexibility index (Phi) is 6.95. The third kappa shape index (κ3) is 5.05. The molecule has 0 unspecified atom stereocenters. The molecule has 0 amide bonds. The highest BCUT2D eigenvalue weighted by atomic mass is 19.1. The van der Waals surface area contributed by atoms with E-state index in [1.807, 2.05) is 19.1 Å². The molecule has 1 aliphatic heterocycles. The maximum absolute atomic E-state index is 13.7. The number of likely N-dealkylation sites (N-methyl/N-ethyl adjacent to an activating group) is 1. The second-order valence-electron chi connectivity index (χ2n) is 11.7. The number of nitrogens with zero attached hydrogens (tertiary/aromatic N) is 7. The third-order valence-electron chi connectivity index (χ3n) is 9.05. The molecule has 7 rings (SSSR count). The molecule has 4 heterocycles. The van der Waals surface area contributed by atoms with Gasteiger partial charge in [0.05, 0.1) is 16.6 Å². The highest BCUT2D eigenvalue weighted by Crippen LogP contribution is 2.39. The summed E-state index contributed by atoms with van der Waals surface area (Å²) in [4.78, 5) is 23.2. The molecule has 2 fully saturated rings. The number of aromatic nitrogens is 5. The quantitative estimate of drug-likeness (QED) is 0.286. The van der Waals surface area contributed by atoms with Crippen LogP contribution in [-0.2, 0) is 0 Å². The summed E-state index contributed by atoms with van der Waals surface area (Å²) in [5.74, 6) is 0.676. The minimum atomic E-state index is -0.295. The van der Waals surface area contributed by atoms with E-state index < -0.39 is 0 Å². The maximum Gasteiger partial charge on any atom is 0.228 e. The molecule has 3 aromatic heterocycles. The minimum absolute atomic E-state index is 0.295. The molecular weight excluding hydrogens is 529 g/mol. The zero-order chi connectivity index (χ0) is 28.8. The van der Waals surface area contributed by atoms with Crippen molar-refractivity contribution in [3.05, 3.63) is 66.5 Å². The van der Waals surface area contributed by atoms with E-state index in [9.17, 15) is 4.39 Å². The smallest absolute Gasteiger partial charge is 0.228 e. The van der Waals surface area contributed by atoms with Crippen molar-refractivity contribution in [1.82, 2.24) is 34.3 Å². The van der Waals surface area contributed by atoms with Crippen molar-refractivity contribution in [3.8, 4) is 11.1 Å². The van der Waals surface area contributed by atoms with Gasteiger partial charge in [0.2, 0.25) is 5.95 Å². The van der Waals surface area contributed by atoms with Crippen LogP contribution in [0.2, 0.25) is 0 Å². The molecule has 5 aromatic rings. The summed E-state index contributed by atoms with van der Waals surface area (Å²) in [6.45, 7) is 6.52. The SMILES string of the molecule is Cc1nc(Nc2ccc(-c3cn([C@H]4CC[C@@H](N5CCN(C)CC5)CC4)c4ncnc(N)c34)cc2)nc2ccc(F)cc12. The lowest BCUT2D eigenvalue weighted by molar-refractivity contribution is 0.0828. The summed E-state index contributed by atoms with van der Waals surface area (Å²) in [5.41, 5.74) is 11.7. The number of piperazine rings is 1. The van der Waals surface area contributed by atoms with Gasteiger partial charge in [-0.15, -0.1) is 0 Å². The molecule has 1 saturated heterocycles. The molecule has 1 saturated carbocycles. The second kappa shape index (κ2) is 10.9. The predicted molar refractivity (Wildman–Crippen MR) is 165 cm³/mol. The monoisotopic (exact) mass is 565 g/mol. The van der Waals surface area contributed by atoms with Gasteiger partial charge in [-0.25, -0.2) is 24.3 Å². The fourth-order valence-electron chi connectivity index (χ4n) is 6.67. The highest BCUT2D eigenvalue weighted by Gasteiger charge is 2.30. The lowest BCUT2D eigenvalue weighted by Gasteiger charge is -2.41. The fraction of sp³-hybridized carbons (Fsp3) is 0.375. The summed E-state index contributed by atoms with van der Waals surface area (Å²) in [6, 6.07) is 13.8. The molecule has 9 nitrogen and oxygen atoms in total. The van der Waals surface area contributed by atoms with Crippen molar-refractivity contribution in [2.24, 2.45) is 0 Å². The topological polar surface area (TPSA) is 101 Å². The first-order chi connectivity index (χ1) is 20.4. The highest BCUT2D eigenvalue weighted by molar-refractivity contribution is 6.00. The summed E-state index contributed by atoms with van der Waals surface area (Å²) >= 11 is 0. The van der Waals surface area contributed by atoms with Crippen LogP contribution in [0.1, 0.15) is 37.4 Å². The second-order valence-corrected chi connectivity index (χ2v) is 11.7. The number of hydrogen-bond donors (Lipinski definition) is 2. The normalized spacial score (nSPS) is 20.4. The molecule has 42 heavy (non-hydrogen) atoms. The van der Waals surface area contributed by atoms with E-state index >= 15 is 0 Å². The number of aryl methyl sites for hydroxylation is 1. The summed E-state index contributed by atoms with van der Waals surface area (Å²) in [5, 5.41) is 4.90. The summed E-state index contributed by atoms with van der Waals surface area (Å²) in [7, 11) is 2.21. The Balaban J connectivity index is 1.12. The van der Waals surface area contributed by atoms with Crippen molar-refractivity contribution >= 4 is 39.4 Å². The number of nitrogen functional groups attached to an aromatic ring is 1. The molecule has 0 atom stereocenters. The maximum atomic E-state index is 13.7. The Morgan fingerprint density at radius 3 is 2.40 bits per heavy atom. The van der Waals surface area contributed by atoms with Gasteiger partial charge in [-0.1, -0.05) is 12.1 Å². The fourth-order valence-corrected chi connectivity index (χ4v) is 6.67. The predicted octanol–water partition coefficient (Wildman–Crippen LogP) is 5.55. The molecule has 2 aliphatic rings. The Bertz CT molecular complexity index is 1730. The molecule has 216 valence electrons. The van der Waals surface area contributed by atoms with Gasteiger partial charge >= 0.3 is 0 Å². The summed E-state index contributed by atoms with van der Waals surface area (Å²) in [6.07, 6.45) is 8.45. The van der Waals surface area contributed by atoms with Gasteiger partial charge in [0.15, 0.2) is 0 Å². The van der Waals surface area contributed by atoms with E-state index in [1.165, 1.54) is 38.1 Å². The van der Waals surface area contributed by atoms with Crippen LogP contribution in [0.4, 0.5) is 21.8 Å². The Morgan fingerprint density at radius 1 is 0.905 bits per heavy atom. The first-order valence-corrected chi connectivity index (χ1v) is 14.8. The first-order valence-electron chi connectivity index (χ1n) is 14.8. The van der Waals surface area contributed by atoms with E-state index in [-0.39, 0.29) is 5.82 Å². The first kappa shape index (κ1) is 26.7. The number of anilines is 3. The van der Waals surface area contributed by atoms with Crippen LogP contribution in [-0.4, -0.2) is 73.6 Å². The van der Waals surface area contributed by atoms with Crippen LogP contribution in [0.3, 0.4) is 0 Å². The lowest BCUT2D eigenvalue weighted by atomic mass is 9.89. The number of hydrogen-bond acceptors (Lipinski definition) is 8. The van der Waals surface area contributed by atoms with E-state index in [4.69, 9.17) is 10.7 Å². The molecular formula is C32H36FN9. The standard InChI is InChI=1S/C32H36FN9/c1-20-26-17-22(33)5-12-28(26)39-32(37-20)38-23-6-3-21(4-7-23)27-18-42(31-29(27)30(34)35-19-36-31)25-10-8-24(9-11-25)41-15-13-40(2)14-16-41/h3-7,12,17-19,24-25H,8-11,13-16H2,1-2H3,(H2,34,35,36)(H,37,38,39)/t24-,25+. The molecule has 0 spiro atoms. The van der Waals surface area contributed by atoms with E-state index in [0.717, 1.165) is 59.5 Å². The van der Waals surface area contributed by atoms with Crippen LogP contribution < -0.4 is 11.1 Å². The number of benzene rings is 2. The molecule has 3 N–H and O–H groups in total. The van der Waals surface area contributed by atoms with Gasteiger partial charge in [-0.2, -0.15) is 0 Å². The van der Waals surface area contributed by atoms with Crippen LogP contribution in [0, 0.1) is 12.7 Å². The number of rotatable bonds is 5. The van der Waals surface area contributed by atoms with Gasteiger partial charge in [0, 0.05) is 61.1 Å². The number of halogens is 1. The average Bonchev–Trinajstić information content (AvgIpc) is 3.40. The molecule has 10 heteroatoms. The van der Waals surface area contributed by atoms with Gasteiger partial charge in [-0.3, -0.25) is 4.90 Å². The molecule has 0 radical (unpaired) electrons. The van der Waals surface area contributed by atoms with Gasteiger partial charge in [-0.05, 0) is 75.5 Å². The zero-order valence-corrected chi connectivity index (χ0v) is 24.1. The van der Waals surface area contributed by atoms with E-state index in [1.54, 1.807) is 12.4 Å². The number of nitrogens with one attached hydrogen (secondary N) is 1. The molecule has 1 aliphatic carbocycles.